The molecule has 0 saturated heterocycles. The highest BCUT2D eigenvalue weighted by Gasteiger charge is 2.15. The van der Waals surface area contributed by atoms with Gasteiger partial charge in [0.25, 0.3) is 0 Å². The molecule has 0 spiro atoms. The molecule has 0 aromatic carbocycles. The number of carboxylic acid groups (broad SMARTS) is 1. The van der Waals surface area contributed by atoms with Gasteiger partial charge in [-0.25, -0.2) is 9.59 Å². The molecule has 0 saturated carbocycles. The van der Waals surface area contributed by atoms with Crippen molar-refractivity contribution in [2.75, 3.05) is 6.61 Å². The smallest absolute Gasteiger partial charge is 0.331 e. The molecule has 4 nitrogen and oxygen atoms in total. The van der Waals surface area contributed by atoms with Crippen LogP contribution >= 0.6 is 0 Å². The van der Waals surface area contributed by atoms with Crippen LogP contribution < -0.4 is 0 Å². The summed E-state index contributed by atoms with van der Waals surface area (Å²) in [5, 5.41) is 8.31. The highest BCUT2D eigenvalue weighted by Crippen LogP contribution is 2.25. The van der Waals surface area contributed by atoms with Crippen molar-refractivity contribution in [2.24, 2.45) is 11.3 Å². The molecular formula is C13H22O4. The van der Waals surface area contributed by atoms with Crippen molar-refractivity contribution in [1.29, 1.82) is 0 Å². The van der Waals surface area contributed by atoms with Crippen LogP contribution in [-0.2, 0) is 14.3 Å². The van der Waals surface area contributed by atoms with Crippen LogP contribution in [0.5, 0.6) is 0 Å². The third kappa shape index (κ3) is 11.0. The van der Waals surface area contributed by atoms with Gasteiger partial charge in [-0.2, -0.15) is 0 Å². The van der Waals surface area contributed by atoms with E-state index < -0.39 is 11.9 Å². The lowest BCUT2D eigenvalue weighted by Gasteiger charge is -2.22. The monoisotopic (exact) mass is 242 g/mol. The van der Waals surface area contributed by atoms with E-state index in [2.05, 4.69) is 27.7 Å². The Labute approximate surface area is 103 Å². The zero-order valence-electron chi connectivity index (χ0n) is 11.0. The summed E-state index contributed by atoms with van der Waals surface area (Å²) in [5.41, 5.74) is 0.270. The van der Waals surface area contributed by atoms with Gasteiger partial charge in [-0.15, -0.1) is 0 Å². The van der Waals surface area contributed by atoms with E-state index >= 15 is 0 Å². The first-order valence-corrected chi connectivity index (χ1v) is 5.78. The molecule has 0 amide bonds. The highest BCUT2D eigenvalue weighted by atomic mass is 16.5. The van der Waals surface area contributed by atoms with Gasteiger partial charge in [0.1, 0.15) is 0 Å². The minimum absolute atomic E-state index is 0.270. The highest BCUT2D eigenvalue weighted by molar-refractivity contribution is 5.90. The number of carboxylic acids is 1. The van der Waals surface area contributed by atoms with Gasteiger partial charge < -0.3 is 9.84 Å². The number of carbonyl (C=O) groups is 2. The van der Waals surface area contributed by atoms with Gasteiger partial charge in [-0.3, -0.25) is 0 Å². The Hall–Kier alpha value is -1.32. The minimum atomic E-state index is -1.15. The van der Waals surface area contributed by atoms with E-state index in [0.717, 1.165) is 25.0 Å². The summed E-state index contributed by atoms with van der Waals surface area (Å²) >= 11 is 0. The molecular weight excluding hydrogens is 220 g/mol. The summed E-state index contributed by atoms with van der Waals surface area (Å²) in [7, 11) is 0. The first-order valence-electron chi connectivity index (χ1n) is 5.78. The van der Waals surface area contributed by atoms with Crippen molar-refractivity contribution in [3.05, 3.63) is 12.2 Å². The van der Waals surface area contributed by atoms with E-state index in [1.807, 2.05) is 0 Å². The SMILES string of the molecule is CC(CCOC(=O)C=CC(=O)O)CC(C)(C)C. The quantitative estimate of drug-likeness (QED) is 0.574. The largest absolute Gasteiger partial charge is 0.478 e. The second-order valence-electron chi connectivity index (χ2n) is 5.50. The van der Waals surface area contributed by atoms with Crippen molar-refractivity contribution in [1.82, 2.24) is 0 Å². The molecule has 0 heterocycles. The normalized spacial score (nSPS) is 13.6. The fourth-order valence-electron chi connectivity index (χ4n) is 1.70. The van der Waals surface area contributed by atoms with Crippen molar-refractivity contribution in [2.45, 2.75) is 40.5 Å². The maximum atomic E-state index is 11.0. The molecule has 1 unspecified atom stereocenters. The van der Waals surface area contributed by atoms with Crippen LogP contribution in [-0.4, -0.2) is 23.7 Å². The lowest BCUT2D eigenvalue weighted by atomic mass is 9.84. The Morgan fingerprint density at radius 1 is 1.29 bits per heavy atom. The lowest BCUT2D eigenvalue weighted by molar-refractivity contribution is -0.139. The zero-order valence-corrected chi connectivity index (χ0v) is 11.0. The summed E-state index contributed by atoms with van der Waals surface area (Å²) in [5.74, 6) is -1.27. The van der Waals surface area contributed by atoms with Crippen LogP contribution in [0.15, 0.2) is 12.2 Å². The van der Waals surface area contributed by atoms with E-state index in [-0.39, 0.29) is 5.41 Å². The Morgan fingerprint density at radius 2 is 1.88 bits per heavy atom. The van der Waals surface area contributed by atoms with E-state index in [4.69, 9.17) is 9.84 Å². The number of rotatable bonds is 6. The average molecular weight is 242 g/mol. The molecule has 0 aromatic heterocycles. The van der Waals surface area contributed by atoms with E-state index in [1.165, 1.54) is 0 Å². The predicted octanol–water partition coefficient (Wildman–Crippen LogP) is 2.63. The molecule has 1 N–H and O–H groups in total. The molecule has 0 aliphatic rings. The van der Waals surface area contributed by atoms with Crippen LogP contribution in [0.1, 0.15) is 40.5 Å². The molecule has 0 aliphatic heterocycles. The molecule has 0 bridgehead atoms. The first-order chi connectivity index (χ1) is 7.70. The number of carbonyl (C=O) groups excluding carboxylic acids is 1. The molecule has 0 fully saturated rings. The van der Waals surface area contributed by atoms with Gasteiger partial charge in [0.05, 0.1) is 6.61 Å². The second kappa shape index (κ2) is 7.09. The van der Waals surface area contributed by atoms with E-state index in [1.54, 1.807) is 0 Å². The third-order valence-corrected chi connectivity index (χ3v) is 2.18. The Kier molecular flexibility index (Phi) is 6.54. The molecule has 0 radical (unpaired) electrons. The van der Waals surface area contributed by atoms with Gasteiger partial charge in [-0.05, 0) is 24.2 Å². The number of hydrogen-bond acceptors (Lipinski definition) is 3. The van der Waals surface area contributed by atoms with Gasteiger partial charge >= 0.3 is 11.9 Å². The molecule has 1 atom stereocenters. The fraction of sp³-hybridized carbons (Fsp3) is 0.692. The van der Waals surface area contributed by atoms with Crippen LogP contribution in [0, 0.1) is 11.3 Å². The van der Waals surface area contributed by atoms with E-state index in [0.29, 0.717) is 12.5 Å². The maximum Gasteiger partial charge on any atom is 0.331 e. The molecule has 0 aromatic rings. The number of aliphatic carboxylic acids is 1. The first kappa shape index (κ1) is 15.7. The van der Waals surface area contributed by atoms with Crippen LogP contribution in [0.3, 0.4) is 0 Å². The topological polar surface area (TPSA) is 63.6 Å². The molecule has 0 rings (SSSR count). The van der Waals surface area contributed by atoms with Crippen LogP contribution in [0.25, 0.3) is 0 Å². The van der Waals surface area contributed by atoms with Crippen molar-refractivity contribution in [3.63, 3.8) is 0 Å². The molecule has 0 aliphatic carbocycles. The number of hydrogen-bond donors (Lipinski definition) is 1. The average Bonchev–Trinajstić information content (AvgIpc) is 2.11. The third-order valence-electron chi connectivity index (χ3n) is 2.18. The summed E-state index contributed by atoms with van der Waals surface area (Å²) in [4.78, 5) is 21.2. The van der Waals surface area contributed by atoms with Crippen molar-refractivity contribution in [3.8, 4) is 0 Å². The summed E-state index contributed by atoms with van der Waals surface area (Å²) in [6.07, 6.45) is 3.57. The molecule has 98 valence electrons. The Balaban J connectivity index is 3.77. The minimum Gasteiger partial charge on any atom is -0.478 e. The van der Waals surface area contributed by atoms with Crippen molar-refractivity contribution >= 4 is 11.9 Å². The summed E-state index contributed by atoms with van der Waals surface area (Å²) in [6, 6.07) is 0. The van der Waals surface area contributed by atoms with Crippen LogP contribution in [0.2, 0.25) is 0 Å². The Bertz CT molecular complexity index is 286. The maximum absolute atomic E-state index is 11.0. The number of esters is 1. The molecule has 4 heteroatoms. The fourth-order valence-corrected chi connectivity index (χ4v) is 1.70. The Morgan fingerprint density at radius 3 is 2.35 bits per heavy atom. The second-order valence-corrected chi connectivity index (χ2v) is 5.50. The van der Waals surface area contributed by atoms with Crippen LogP contribution in [0.4, 0.5) is 0 Å². The predicted molar refractivity (Wildman–Crippen MR) is 65.6 cm³/mol. The number of ether oxygens (including phenoxy) is 1. The van der Waals surface area contributed by atoms with Crippen molar-refractivity contribution < 1.29 is 19.4 Å². The summed E-state index contributed by atoms with van der Waals surface area (Å²) in [6.45, 7) is 8.97. The van der Waals surface area contributed by atoms with E-state index in [9.17, 15) is 9.59 Å². The summed E-state index contributed by atoms with van der Waals surface area (Å²) < 4.78 is 4.89. The van der Waals surface area contributed by atoms with Gasteiger partial charge in [0, 0.05) is 12.2 Å². The lowest BCUT2D eigenvalue weighted by Crippen LogP contribution is -2.13. The zero-order chi connectivity index (χ0) is 13.5. The van der Waals surface area contributed by atoms with Gasteiger partial charge in [-0.1, -0.05) is 27.7 Å². The molecule has 17 heavy (non-hydrogen) atoms. The van der Waals surface area contributed by atoms with Gasteiger partial charge in [0.15, 0.2) is 0 Å². The standard InChI is InChI=1S/C13H22O4/c1-10(9-13(2,3)4)7-8-17-12(16)6-5-11(14)15/h5-6,10H,7-9H2,1-4H3,(H,14,15). The van der Waals surface area contributed by atoms with Gasteiger partial charge in [0.2, 0.25) is 0 Å².